The molecule has 0 heterocycles. The summed E-state index contributed by atoms with van der Waals surface area (Å²) in [6, 6.07) is 11.6. The highest BCUT2D eigenvalue weighted by Gasteiger charge is 2.45. The molecule has 1 aliphatic rings. The Hall–Kier alpha value is -3.40. The van der Waals surface area contributed by atoms with Crippen molar-refractivity contribution in [3.05, 3.63) is 77.1 Å². The summed E-state index contributed by atoms with van der Waals surface area (Å²) in [5, 5.41) is 0.502. The summed E-state index contributed by atoms with van der Waals surface area (Å²) in [6.07, 6.45) is -3.30. The van der Waals surface area contributed by atoms with Crippen LogP contribution < -0.4 is 10.5 Å². The molecule has 176 valence electrons. The molecule has 1 atom stereocenters. The van der Waals surface area contributed by atoms with Gasteiger partial charge in [0.25, 0.3) is 5.91 Å². The van der Waals surface area contributed by atoms with Gasteiger partial charge in [-0.15, -0.1) is 0 Å². The van der Waals surface area contributed by atoms with Gasteiger partial charge in [0.15, 0.2) is 0 Å². The summed E-state index contributed by atoms with van der Waals surface area (Å²) in [4.78, 5) is 29.4. The number of hydrogen-bond donors (Lipinski definition) is 1. The van der Waals surface area contributed by atoms with Crippen LogP contribution in [0.15, 0.2) is 60.4 Å². The van der Waals surface area contributed by atoms with E-state index >= 15 is 0 Å². The van der Waals surface area contributed by atoms with E-state index in [-0.39, 0.29) is 24.3 Å². The number of nitrogens with zero attached hydrogens (tertiary/aromatic N) is 1. The minimum atomic E-state index is -5.27. The zero-order valence-corrected chi connectivity index (χ0v) is 17.5. The number of hydroxylamine groups is 2. The van der Waals surface area contributed by atoms with Gasteiger partial charge in [-0.05, 0) is 54.7 Å². The molecule has 0 saturated carbocycles. The number of aryl methyl sites for hydroxylation is 1. The number of nitrogens with two attached hydrogens (primary N) is 1. The molecule has 2 aromatic carbocycles. The molecular weight excluding hydrogens is 444 g/mol. The van der Waals surface area contributed by atoms with Crippen molar-refractivity contribution in [1.29, 1.82) is 0 Å². The first-order valence-electron chi connectivity index (χ1n) is 10.2. The van der Waals surface area contributed by atoms with Crippen LogP contribution in [0, 0.1) is 0 Å². The van der Waals surface area contributed by atoms with Gasteiger partial charge in [0.2, 0.25) is 0 Å². The van der Waals surface area contributed by atoms with Crippen LogP contribution in [0.1, 0.15) is 40.4 Å². The summed E-state index contributed by atoms with van der Waals surface area (Å²) in [5.74, 6) is -3.10. The molecule has 1 amide bonds. The molecule has 0 radical (unpaired) electrons. The number of carbonyl (C=O) groups excluding carboxylic acids is 2. The molecule has 10 heteroatoms. The fourth-order valence-corrected chi connectivity index (χ4v) is 3.49. The van der Waals surface area contributed by atoms with E-state index in [4.69, 9.17) is 10.5 Å². The van der Waals surface area contributed by atoms with Gasteiger partial charge in [0.05, 0.1) is 12.4 Å². The van der Waals surface area contributed by atoms with Gasteiger partial charge in [-0.25, -0.2) is 9.18 Å². The van der Waals surface area contributed by atoms with Crippen LogP contribution in [0.2, 0.25) is 0 Å². The Bertz CT molecular complexity index is 1020. The Labute approximate surface area is 187 Å². The van der Waals surface area contributed by atoms with E-state index in [1.165, 1.54) is 24.3 Å². The summed E-state index contributed by atoms with van der Waals surface area (Å²) in [6.45, 7) is -0.135. The first-order chi connectivity index (χ1) is 15.7. The van der Waals surface area contributed by atoms with Gasteiger partial charge < -0.3 is 15.3 Å². The van der Waals surface area contributed by atoms with Gasteiger partial charge in [-0.1, -0.05) is 24.3 Å². The molecule has 1 aliphatic carbocycles. The number of carbonyl (C=O) groups is 2. The van der Waals surface area contributed by atoms with E-state index in [2.05, 4.69) is 4.84 Å². The molecule has 0 unspecified atom stereocenters. The van der Waals surface area contributed by atoms with Crippen LogP contribution >= 0.6 is 0 Å². The zero-order chi connectivity index (χ0) is 24.0. The second-order valence-corrected chi connectivity index (χ2v) is 7.40. The quantitative estimate of drug-likeness (QED) is 0.504. The lowest BCUT2D eigenvalue weighted by atomic mass is 9.87. The van der Waals surface area contributed by atoms with E-state index in [1.54, 1.807) is 18.2 Å². The normalized spacial score (nSPS) is 16.0. The average Bonchev–Trinajstić information content (AvgIpc) is 2.82. The van der Waals surface area contributed by atoms with E-state index < -0.39 is 24.1 Å². The molecule has 6 nitrogen and oxygen atoms in total. The van der Waals surface area contributed by atoms with Crippen LogP contribution in [0.25, 0.3) is 0 Å². The first-order valence-corrected chi connectivity index (χ1v) is 10.2. The molecule has 0 spiro atoms. The van der Waals surface area contributed by atoms with Crippen molar-refractivity contribution in [2.75, 3.05) is 13.2 Å². The summed E-state index contributed by atoms with van der Waals surface area (Å²) in [5.41, 5.74) is 7.06. The smallest absolute Gasteiger partial charge is 0.489 e. The second kappa shape index (κ2) is 10.5. The van der Waals surface area contributed by atoms with Crippen molar-refractivity contribution < 1.29 is 36.7 Å². The molecule has 2 aromatic rings. The Kier molecular flexibility index (Phi) is 7.70. The number of ether oxygens (including phenoxy) is 1. The Morgan fingerprint density at radius 2 is 1.82 bits per heavy atom. The minimum Gasteiger partial charge on any atom is -0.489 e. The fourth-order valence-electron chi connectivity index (χ4n) is 3.49. The van der Waals surface area contributed by atoms with Crippen LogP contribution in [-0.2, 0) is 16.1 Å². The van der Waals surface area contributed by atoms with Crippen LogP contribution in [0.3, 0.4) is 0 Å². The maximum Gasteiger partial charge on any atom is 0.493 e. The van der Waals surface area contributed by atoms with Crippen molar-refractivity contribution in [2.45, 2.75) is 31.5 Å². The van der Waals surface area contributed by atoms with E-state index in [0.29, 0.717) is 42.0 Å². The third kappa shape index (κ3) is 5.89. The topological polar surface area (TPSA) is 81.9 Å². The van der Waals surface area contributed by atoms with Crippen molar-refractivity contribution in [1.82, 2.24) is 5.06 Å². The molecule has 0 aliphatic heterocycles. The Morgan fingerprint density at radius 3 is 2.45 bits per heavy atom. The third-order valence-corrected chi connectivity index (χ3v) is 5.18. The maximum absolute atomic E-state index is 13.2. The number of alkyl halides is 3. The highest BCUT2D eigenvalue weighted by atomic mass is 19.4. The second-order valence-electron chi connectivity index (χ2n) is 7.40. The molecule has 3 rings (SSSR count). The van der Waals surface area contributed by atoms with Gasteiger partial charge in [0, 0.05) is 17.7 Å². The molecule has 2 N–H and O–H groups in total. The molecule has 0 aromatic heterocycles. The predicted molar refractivity (Wildman–Crippen MR) is 111 cm³/mol. The highest BCUT2D eigenvalue weighted by molar-refractivity contribution is 5.95. The van der Waals surface area contributed by atoms with Crippen molar-refractivity contribution in [2.24, 2.45) is 5.73 Å². The molecule has 0 saturated heterocycles. The van der Waals surface area contributed by atoms with Crippen molar-refractivity contribution >= 4 is 11.9 Å². The van der Waals surface area contributed by atoms with Crippen LogP contribution in [-0.4, -0.2) is 36.3 Å². The third-order valence-electron chi connectivity index (χ3n) is 5.18. The molecule has 0 fully saturated rings. The number of hydrogen-bond acceptors (Lipinski definition) is 5. The number of halogens is 4. The summed E-state index contributed by atoms with van der Waals surface area (Å²) >= 11 is 0. The van der Waals surface area contributed by atoms with Crippen LogP contribution in [0.4, 0.5) is 17.6 Å². The van der Waals surface area contributed by atoms with Gasteiger partial charge in [-0.3, -0.25) is 4.79 Å². The maximum atomic E-state index is 13.2. The monoisotopic (exact) mass is 466 g/mol. The highest BCUT2D eigenvalue weighted by Crippen LogP contribution is 2.36. The van der Waals surface area contributed by atoms with Gasteiger partial charge >= 0.3 is 12.1 Å². The minimum absolute atomic E-state index is 0.0135. The molecule has 33 heavy (non-hydrogen) atoms. The lowest BCUT2D eigenvalue weighted by Gasteiger charge is -2.34. The largest absolute Gasteiger partial charge is 0.493 e. The number of benzene rings is 2. The fraction of sp³-hybridized carbons (Fsp3) is 0.304. The zero-order valence-electron chi connectivity index (χ0n) is 17.5. The van der Waals surface area contributed by atoms with Gasteiger partial charge in [-0.2, -0.15) is 18.2 Å². The number of rotatable bonds is 6. The number of fused-ring (bicyclic) bond motifs is 1. The Morgan fingerprint density at radius 1 is 1.12 bits per heavy atom. The molecular formula is C23H22F4N2O4. The van der Waals surface area contributed by atoms with Crippen molar-refractivity contribution in [3.8, 4) is 5.75 Å². The van der Waals surface area contributed by atoms with E-state index in [9.17, 15) is 27.2 Å². The van der Waals surface area contributed by atoms with E-state index in [0.717, 1.165) is 5.56 Å². The van der Waals surface area contributed by atoms with Crippen molar-refractivity contribution in [3.63, 3.8) is 0 Å². The summed E-state index contributed by atoms with van der Waals surface area (Å²) < 4.78 is 56.8. The lowest BCUT2D eigenvalue weighted by Crippen LogP contribution is -2.42. The first kappa shape index (κ1) is 24.2. The predicted octanol–water partition coefficient (Wildman–Crippen LogP) is 4.42. The van der Waals surface area contributed by atoms with Gasteiger partial charge in [0.1, 0.15) is 12.4 Å². The standard InChI is InChI=1S/C23H22F4N2O4/c24-12-15(13-28)14-32-18-10-8-17(9-11-18)21(30)29(33-22(31)23(25,26)27)20-7-3-5-16-4-1-2-6-19(16)20/h1-2,4,6,8-12,20H,3,5,7,13-14,28H2/b15-12-/t20-/m0/s1. The van der Waals surface area contributed by atoms with E-state index in [1.807, 2.05) is 6.07 Å². The molecule has 0 bridgehead atoms. The number of amides is 1. The lowest BCUT2D eigenvalue weighted by molar-refractivity contribution is -0.235. The average molecular weight is 466 g/mol. The SMILES string of the molecule is NC/C(=C/F)COc1ccc(C(=O)N(OC(=O)C(F)(F)F)[C@H]2CCCc3ccccc32)cc1. The summed E-state index contributed by atoms with van der Waals surface area (Å²) in [7, 11) is 0. The Balaban J connectivity index is 1.86. The van der Waals surface area contributed by atoms with Crippen LogP contribution in [0.5, 0.6) is 5.75 Å².